The van der Waals surface area contributed by atoms with E-state index in [9.17, 15) is 9.90 Å². The van der Waals surface area contributed by atoms with Crippen LogP contribution < -0.4 is 5.32 Å². The molecular weight excluding hydrogens is 394 g/mol. The van der Waals surface area contributed by atoms with Gasteiger partial charge in [-0.3, -0.25) is 4.79 Å². The zero-order valence-corrected chi connectivity index (χ0v) is 15.6. The summed E-state index contributed by atoms with van der Waals surface area (Å²) in [5.74, 6) is 0.668. The Bertz CT molecular complexity index is 1150. The monoisotopic (exact) mass is 409 g/mol. The Kier molecular flexibility index (Phi) is 4.17. The third-order valence-corrected chi connectivity index (χ3v) is 5.28. The SMILES string of the molecule is Cc1oc2ccccc2c1C(=O)NCc1ccc2c(Br)c(O)ccc2c1. The number of hydrogen-bond acceptors (Lipinski definition) is 3. The van der Waals surface area contributed by atoms with Gasteiger partial charge >= 0.3 is 0 Å². The molecule has 0 saturated carbocycles. The topological polar surface area (TPSA) is 62.5 Å². The van der Waals surface area contributed by atoms with Crippen LogP contribution in [0.3, 0.4) is 0 Å². The van der Waals surface area contributed by atoms with Crippen LogP contribution in [0.2, 0.25) is 0 Å². The summed E-state index contributed by atoms with van der Waals surface area (Å²) in [6, 6.07) is 16.9. The van der Waals surface area contributed by atoms with Crippen LogP contribution in [0.15, 0.2) is 63.5 Å². The molecule has 1 amide bonds. The number of rotatable bonds is 3. The third kappa shape index (κ3) is 2.84. The lowest BCUT2D eigenvalue weighted by Gasteiger charge is -2.08. The van der Waals surface area contributed by atoms with Crippen LogP contribution in [0.4, 0.5) is 0 Å². The van der Waals surface area contributed by atoms with Gasteiger partial charge in [-0.2, -0.15) is 0 Å². The van der Waals surface area contributed by atoms with E-state index in [2.05, 4.69) is 21.2 Å². The molecule has 0 spiro atoms. The van der Waals surface area contributed by atoms with Crippen molar-refractivity contribution in [1.29, 1.82) is 0 Å². The van der Waals surface area contributed by atoms with Gasteiger partial charge in [-0.05, 0) is 57.4 Å². The lowest BCUT2D eigenvalue weighted by Crippen LogP contribution is -2.23. The number of benzene rings is 3. The van der Waals surface area contributed by atoms with Gasteiger partial charge < -0.3 is 14.8 Å². The first-order valence-electron chi connectivity index (χ1n) is 8.21. The fourth-order valence-electron chi connectivity index (χ4n) is 3.16. The summed E-state index contributed by atoms with van der Waals surface area (Å²) in [6.07, 6.45) is 0. The fourth-order valence-corrected chi connectivity index (χ4v) is 3.65. The van der Waals surface area contributed by atoms with Crippen molar-refractivity contribution in [2.75, 3.05) is 0 Å². The molecule has 26 heavy (non-hydrogen) atoms. The number of phenolic OH excluding ortho intramolecular Hbond substituents is 1. The van der Waals surface area contributed by atoms with E-state index in [4.69, 9.17) is 4.42 Å². The maximum absolute atomic E-state index is 12.7. The molecule has 4 nitrogen and oxygen atoms in total. The molecule has 2 N–H and O–H groups in total. The molecule has 0 fully saturated rings. The molecule has 1 heterocycles. The summed E-state index contributed by atoms with van der Waals surface area (Å²) >= 11 is 3.39. The molecule has 0 unspecified atom stereocenters. The second-order valence-electron chi connectivity index (χ2n) is 6.17. The van der Waals surface area contributed by atoms with Crippen LogP contribution in [0.1, 0.15) is 21.7 Å². The van der Waals surface area contributed by atoms with Gasteiger partial charge in [-0.1, -0.05) is 36.4 Å². The number of fused-ring (bicyclic) bond motifs is 2. The molecule has 4 rings (SSSR count). The largest absolute Gasteiger partial charge is 0.507 e. The number of phenols is 1. The van der Waals surface area contributed by atoms with Crippen molar-refractivity contribution in [3.8, 4) is 5.75 Å². The Labute approximate surface area is 158 Å². The molecule has 5 heteroatoms. The zero-order chi connectivity index (χ0) is 18.3. The zero-order valence-electron chi connectivity index (χ0n) is 14.0. The molecule has 4 aromatic rings. The van der Waals surface area contributed by atoms with Crippen molar-refractivity contribution < 1.29 is 14.3 Å². The molecule has 0 aliphatic carbocycles. The van der Waals surface area contributed by atoms with E-state index in [-0.39, 0.29) is 11.7 Å². The number of nitrogens with one attached hydrogen (secondary N) is 1. The van der Waals surface area contributed by atoms with E-state index in [1.807, 2.05) is 48.5 Å². The van der Waals surface area contributed by atoms with E-state index < -0.39 is 0 Å². The molecule has 1 aromatic heterocycles. The molecule has 0 aliphatic rings. The lowest BCUT2D eigenvalue weighted by molar-refractivity contribution is 0.0951. The molecule has 130 valence electrons. The number of halogens is 1. The van der Waals surface area contributed by atoms with Gasteiger partial charge in [0.15, 0.2) is 0 Å². The van der Waals surface area contributed by atoms with Gasteiger partial charge in [0.1, 0.15) is 17.1 Å². The summed E-state index contributed by atoms with van der Waals surface area (Å²) in [7, 11) is 0. The number of furan rings is 1. The summed E-state index contributed by atoms with van der Waals surface area (Å²) in [6.45, 7) is 2.21. The van der Waals surface area contributed by atoms with E-state index in [1.165, 1.54) is 0 Å². The predicted octanol–water partition coefficient (Wildman–Crippen LogP) is 5.29. The van der Waals surface area contributed by atoms with Crippen molar-refractivity contribution in [1.82, 2.24) is 5.32 Å². The Morgan fingerprint density at radius 2 is 1.92 bits per heavy atom. The summed E-state index contributed by atoms with van der Waals surface area (Å²) in [5, 5.41) is 15.5. The number of carbonyl (C=O) groups excluding carboxylic acids is 1. The molecule has 0 radical (unpaired) electrons. The highest BCUT2D eigenvalue weighted by Gasteiger charge is 2.17. The first kappa shape index (κ1) is 16.7. The van der Waals surface area contributed by atoms with Crippen LogP contribution in [-0.2, 0) is 6.54 Å². The van der Waals surface area contributed by atoms with Crippen molar-refractivity contribution in [2.24, 2.45) is 0 Å². The smallest absolute Gasteiger partial charge is 0.255 e. The highest BCUT2D eigenvalue weighted by Crippen LogP contribution is 2.32. The number of aromatic hydroxyl groups is 1. The van der Waals surface area contributed by atoms with Crippen LogP contribution in [0.25, 0.3) is 21.7 Å². The Morgan fingerprint density at radius 1 is 1.12 bits per heavy atom. The third-order valence-electron chi connectivity index (χ3n) is 4.45. The number of aryl methyl sites for hydroxylation is 1. The van der Waals surface area contributed by atoms with E-state index in [0.717, 1.165) is 21.7 Å². The summed E-state index contributed by atoms with van der Waals surface area (Å²) < 4.78 is 6.34. The average Bonchev–Trinajstić information content (AvgIpc) is 2.98. The average molecular weight is 410 g/mol. The fraction of sp³-hybridized carbons (Fsp3) is 0.0952. The minimum absolute atomic E-state index is 0.153. The van der Waals surface area contributed by atoms with E-state index in [0.29, 0.717) is 27.9 Å². The lowest BCUT2D eigenvalue weighted by atomic mass is 10.1. The maximum Gasteiger partial charge on any atom is 0.255 e. The normalized spacial score (nSPS) is 11.2. The first-order valence-corrected chi connectivity index (χ1v) is 9.00. The van der Waals surface area contributed by atoms with Crippen molar-refractivity contribution in [3.63, 3.8) is 0 Å². The number of carbonyl (C=O) groups is 1. The quantitative estimate of drug-likeness (QED) is 0.482. The maximum atomic E-state index is 12.7. The molecule has 0 saturated heterocycles. The summed E-state index contributed by atoms with van der Waals surface area (Å²) in [5.41, 5.74) is 2.27. The highest BCUT2D eigenvalue weighted by atomic mass is 79.9. The second kappa shape index (κ2) is 6.50. The minimum atomic E-state index is -0.153. The van der Waals surface area contributed by atoms with Gasteiger partial charge in [-0.15, -0.1) is 0 Å². The van der Waals surface area contributed by atoms with Gasteiger partial charge in [0.05, 0.1) is 10.0 Å². The highest BCUT2D eigenvalue weighted by molar-refractivity contribution is 9.10. The van der Waals surface area contributed by atoms with Crippen LogP contribution in [-0.4, -0.2) is 11.0 Å². The molecule has 3 aromatic carbocycles. The van der Waals surface area contributed by atoms with E-state index >= 15 is 0 Å². The number of para-hydroxylation sites is 1. The predicted molar refractivity (Wildman–Crippen MR) is 105 cm³/mol. The van der Waals surface area contributed by atoms with E-state index in [1.54, 1.807) is 13.0 Å². The molecule has 0 bridgehead atoms. The molecule has 0 aliphatic heterocycles. The van der Waals surface area contributed by atoms with Crippen LogP contribution in [0.5, 0.6) is 5.75 Å². The van der Waals surface area contributed by atoms with Gasteiger partial charge in [0, 0.05) is 11.9 Å². The van der Waals surface area contributed by atoms with Crippen LogP contribution in [0, 0.1) is 6.92 Å². The van der Waals surface area contributed by atoms with Crippen molar-refractivity contribution in [3.05, 3.63) is 76.0 Å². The second-order valence-corrected chi connectivity index (χ2v) is 6.96. The Balaban J connectivity index is 1.58. The van der Waals surface area contributed by atoms with Gasteiger partial charge in [0.2, 0.25) is 0 Å². The van der Waals surface area contributed by atoms with Crippen molar-refractivity contribution >= 4 is 43.6 Å². The standard InChI is InChI=1S/C21H16BrNO3/c1-12-19(16-4-2-3-5-18(16)26-12)21(25)23-11-13-6-8-15-14(10-13)7-9-17(24)20(15)22/h2-10,24H,11H2,1H3,(H,23,25). The Hall–Kier alpha value is -2.79. The first-order chi connectivity index (χ1) is 12.5. The van der Waals surface area contributed by atoms with Gasteiger partial charge in [0.25, 0.3) is 5.91 Å². The molecule has 0 atom stereocenters. The minimum Gasteiger partial charge on any atom is -0.507 e. The number of amides is 1. The van der Waals surface area contributed by atoms with Crippen LogP contribution >= 0.6 is 15.9 Å². The van der Waals surface area contributed by atoms with Crippen molar-refractivity contribution in [2.45, 2.75) is 13.5 Å². The molecular formula is C21H16BrNO3. The summed E-state index contributed by atoms with van der Waals surface area (Å²) in [4.78, 5) is 12.7. The van der Waals surface area contributed by atoms with Gasteiger partial charge in [-0.25, -0.2) is 0 Å². The Morgan fingerprint density at radius 3 is 2.77 bits per heavy atom. The number of hydrogen-bond donors (Lipinski definition) is 2.